The molecule has 0 aromatic carbocycles. The van der Waals surface area contributed by atoms with Crippen molar-refractivity contribution in [3.63, 3.8) is 0 Å². The van der Waals surface area contributed by atoms with Crippen molar-refractivity contribution in [2.45, 2.75) is 25.8 Å². The maximum atomic E-state index is 4.28. The van der Waals surface area contributed by atoms with Crippen molar-refractivity contribution >= 4 is 5.95 Å². The van der Waals surface area contributed by atoms with Crippen LogP contribution < -0.4 is 10.2 Å². The van der Waals surface area contributed by atoms with Crippen LogP contribution in [0.5, 0.6) is 0 Å². The summed E-state index contributed by atoms with van der Waals surface area (Å²) in [6.45, 7) is 5.27. The number of aromatic nitrogens is 2. The zero-order chi connectivity index (χ0) is 10.5. The minimum atomic E-state index is 0.605. The van der Waals surface area contributed by atoms with Gasteiger partial charge in [0.05, 0.1) is 0 Å². The van der Waals surface area contributed by atoms with Crippen LogP contribution in [-0.4, -0.2) is 35.6 Å². The van der Waals surface area contributed by atoms with Gasteiger partial charge in [-0.05, 0) is 32.4 Å². The molecule has 82 valence electrons. The standard InChI is InChI=1S/C11H18N4/c1-2-15(9-10-5-3-6-12-10)11-13-7-4-8-14-11/h4,7-8,10,12H,2-3,5-6,9H2,1H3. The van der Waals surface area contributed by atoms with E-state index >= 15 is 0 Å². The molecular formula is C11H18N4. The molecule has 0 bridgehead atoms. The van der Waals surface area contributed by atoms with Crippen LogP contribution in [-0.2, 0) is 0 Å². The Hall–Kier alpha value is -1.16. The van der Waals surface area contributed by atoms with E-state index in [1.165, 1.54) is 12.8 Å². The summed E-state index contributed by atoms with van der Waals surface area (Å²) >= 11 is 0. The molecule has 1 fully saturated rings. The second-order valence-corrected chi connectivity index (χ2v) is 3.88. The molecule has 1 atom stereocenters. The summed E-state index contributed by atoms with van der Waals surface area (Å²) in [4.78, 5) is 10.8. The van der Waals surface area contributed by atoms with Gasteiger partial charge in [-0.15, -0.1) is 0 Å². The second-order valence-electron chi connectivity index (χ2n) is 3.88. The van der Waals surface area contributed by atoms with Crippen LogP contribution in [0.3, 0.4) is 0 Å². The van der Waals surface area contributed by atoms with Crippen molar-refractivity contribution in [2.24, 2.45) is 0 Å². The Bertz CT molecular complexity index is 282. The fourth-order valence-corrected chi connectivity index (χ4v) is 1.99. The monoisotopic (exact) mass is 206 g/mol. The van der Waals surface area contributed by atoms with Gasteiger partial charge in [0.25, 0.3) is 0 Å². The zero-order valence-electron chi connectivity index (χ0n) is 9.19. The van der Waals surface area contributed by atoms with Gasteiger partial charge in [0, 0.05) is 31.5 Å². The Labute approximate surface area is 90.7 Å². The topological polar surface area (TPSA) is 41.0 Å². The van der Waals surface area contributed by atoms with Crippen molar-refractivity contribution in [1.82, 2.24) is 15.3 Å². The van der Waals surface area contributed by atoms with Crippen LogP contribution in [0.4, 0.5) is 5.95 Å². The molecule has 1 aromatic rings. The van der Waals surface area contributed by atoms with E-state index in [0.29, 0.717) is 6.04 Å². The zero-order valence-corrected chi connectivity index (χ0v) is 9.19. The summed E-state index contributed by atoms with van der Waals surface area (Å²) in [6, 6.07) is 2.46. The summed E-state index contributed by atoms with van der Waals surface area (Å²) < 4.78 is 0. The maximum absolute atomic E-state index is 4.28. The highest BCUT2D eigenvalue weighted by Crippen LogP contribution is 2.10. The number of nitrogens with one attached hydrogen (secondary N) is 1. The van der Waals surface area contributed by atoms with Gasteiger partial charge in [0.2, 0.25) is 5.95 Å². The number of nitrogens with zero attached hydrogens (tertiary/aromatic N) is 3. The molecule has 1 unspecified atom stereocenters. The fourth-order valence-electron chi connectivity index (χ4n) is 1.99. The Morgan fingerprint density at radius 1 is 1.47 bits per heavy atom. The van der Waals surface area contributed by atoms with Crippen LogP contribution >= 0.6 is 0 Å². The van der Waals surface area contributed by atoms with Crippen molar-refractivity contribution < 1.29 is 0 Å². The minimum Gasteiger partial charge on any atom is -0.340 e. The molecule has 4 nitrogen and oxygen atoms in total. The SMILES string of the molecule is CCN(CC1CCCN1)c1ncccn1. The normalized spacial score (nSPS) is 20.5. The molecule has 15 heavy (non-hydrogen) atoms. The molecule has 4 heteroatoms. The highest BCUT2D eigenvalue weighted by Gasteiger charge is 2.18. The van der Waals surface area contributed by atoms with Gasteiger partial charge in [-0.25, -0.2) is 9.97 Å². The van der Waals surface area contributed by atoms with E-state index in [1.54, 1.807) is 12.4 Å². The third kappa shape index (κ3) is 2.65. The van der Waals surface area contributed by atoms with E-state index in [0.717, 1.165) is 25.6 Å². The summed E-state index contributed by atoms with van der Waals surface area (Å²) in [7, 11) is 0. The van der Waals surface area contributed by atoms with E-state index in [9.17, 15) is 0 Å². The first-order valence-corrected chi connectivity index (χ1v) is 5.65. The van der Waals surface area contributed by atoms with Gasteiger partial charge in [-0.3, -0.25) is 0 Å². The van der Waals surface area contributed by atoms with Gasteiger partial charge in [0.15, 0.2) is 0 Å². The van der Waals surface area contributed by atoms with E-state index in [2.05, 4.69) is 27.1 Å². The molecule has 1 aliphatic heterocycles. The average Bonchev–Trinajstić information content (AvgIpc) is 2.80. The fraction of sp³-hybridized carbons (Fsp3) is 0.636. The number of hydrogen-bond acceptors (Lipinski definition) is 4. The van der Waals surface area contributed by atoms with Gasteiger partial charge in [0.1, 0.15) is 0 Å². The highest BCUT2D eigenvalue weighted by molar-refractivity contribution is 5.28. The minimum absolute atomic E-state index is 0.605. The largest absolute Gasteiger partial charge is 0.340 e. The van der Waals surface area contributed by atoms with Gasteiger partial charge >= 0.3 is 0 Å². The number of likely N-dealkylation sites (N-methyl/N-ethyl adjacent to an activating group) is 1. The van der Waals surface area contributed by atoms with Crippen LogP contribution in [0.1, 0.15) is 19.8 Å². The molecule has 1 aromatic heterocycles. The molecule has 1 N–H and O–H groups in total. The molecule has 2 heterocycles. The van der Waals surface area contributed by atoms with Gasteiger partial charge < -0.3 is 10.2 Å². The predicted octanol–water partition coefficient (Wildman–Crippen LogP) is 1.05. The summed E-state index contributed by atoms with van der Waals surface area (Å²) in [5, 5.41) is 3.49. The number of hydrogen-bond donors (Lipinski definition) is 1. The van der Waals surface area contributed by atoms with Gasteiger partial charge in [-0.2, -0.15) is 0 Å². The van der Waals surface area contributed by atoms with Crippen LogP contribution in [0.2, 0.25) is 0 Å². The summed E-state index contributed by atoms with van der Waals surface area (Å²) in [6.07, 6.45) is 6.15. The van der Waals surface area contributed by atoms with Crippen molar-refractivity contribution in [1.29, 1.82) is 0 Å². The van der Waals surface area contributed by atoms with E-state index in [-0.39, 0.29) is 0 Å². The van der Waals surface area contributed by atoms with Crippen LogP contribution in [0.15, 0.2) is 18.5 Å². The lowest BCUT2D eigenvalue weighted by atomic mass is 10.2. The Kier molecular flexibility index (Phi) is 3.50. The molecule has 0 aliphatic carbocycles. The molecule has 0 saturated carbocycles. The lowest BCUT2D eigenvalue weighted by Gasteiger charge is -2.24. The third-order valence-corrected chi connectivity index (χ3v) is 2.82. The molecule has 0 radical (unpaired) electrons. The van der Waals surface area contributed by atoms with E-state index in [4.69, 9.17) is 0 Å². The lowest BCUT2D eigenvalue weighted by molar-refractivity contribution is 0.580. The quantitative estimate of drug-likeness (QED) is 0.799. The lowest BCUT2D eigenvalue weighted by Crippen LogP contribution is -2.38. The van der Waals surface area contributed by atoms with Crippen LogP contribution in [0.25, 0.3) is 0 Å². The maximum Gasteiger partial charge on any atom is 0.225 e. The Morgan fingerprint density at radius 2 is 2.27 bits per heavy atom. The molecular weight excluding hydrogens is 188 g/mol. The highest BCUT2D eigenvalue weighted by atomic mass is 15.3. The number of rotatable bonds is 4. The summed E-state index contributed by atoms with van der Waals surface area (Å²) in [5.41, 5.74) is 0. The molecule has 1 aliphatic rings. The smallest absolute Gasteiger partial charge is 0.225 e. The Balaban J connectivity index is 1.97. The summed E-state index contributed by atoms with van der Waals surface area (Å²) in [5.74, 6) is 0.841. The average molecular weight is 206 g/mol. The van der Waals surface area contributed by atoms with E-state index in [1.807, 2.05) is 6.07 Å². The van der Waals surface area contributed by atoms with E-state index < -0.39 is 0 Å². The molecule has 1 saturated heterocycles. The molecule has 0 amide bonds. The second kappa shape index (κ2) is 5.07. The first-order valence-electron chi connectivity index (χ1n) is 5.65. The number of anilines is 1. The van der Waals surface area contributed by atoms with Crippen molar-refractivity contribution in [3.05, 3.63) is 18.5 Å². The Morgan fingerprint density at radius 3 is 2.87 bits per heavy atom. The molecule has 2 rings (SSSR count). The van der Waals surface area contributed by atoms with Crippen molar-refractivity contribution in [2.75, 3.05) is 24.5 Å². The predicted molar refractivity (Wildman–Crippen MR) is 60.9 cm³/mol. The third-order valence-electron chi connectivity index (χ3n) is 2.82. The first-order chi connectivity index (χ1) is 7.40. The van der Waals surface area contributed by atoms with Gasteiger partial charge in [-0.1, -0.05) is 0 Å². The van der Waals surface area contributed by atoms with Crippen LogP contribution in [0, 0.1) is 0 Å². The molecule has 0 spiro atoms. The first kappa shape index (κ1) is 10.4. The van der Waals surface area contributed by atoms with Crippen molar-refractivity contribution in [3.8, 4) is 0 Å².